The monoisotopic (exact) mass is 314 g/mol. The molecule has 0 saturated carbocycles. The minimum atomic E-state index is 0.0507. The first-order chi connectivity index (χ1) is 11.1. The standard InChI is InChI=1S/C15H18N6O2/c1-19-7-15(8-19)9-20(10-15)14(22)6-23-13-4-2-12(3-5-13)21-11-16-17-18-21/h2-5,11H,6-10H2,1H3. The molecule has 8 heteroatoms. The van der Waals surface area contributed by atoms with Gasteiger partial charge in [-0.15, -0.1) is 5.10 Å². The molecular weight excluding hydrogens is 296 g/mol. The molecule has 0 unspecified atom stereocenters. The van der Waals surface area contributed by atoms with Gasteiger partial charge in [-0.1, -0.05) is 0 Å². The summed E-state index contributed by atoms with van der Waals surface area (Å²) in [5.41, 5.74) is 1.20. The Balaban J connectivity index is 1.27. The van der Waals surface area contributed by atoms with Gasteiger partial charge in [0.05, 0.1) is 5.69 Å². The van der Waals surface area contributed by atoms with Crippen molar-refractivity contribution >= 4 is 5.91 Å². The van der Waals surface area contributed by atoms with Crippen LogP contribution in [0.1, 0.15) is 0 Å². The summed E-state index contributed by atoms with van der Waals surface area (Å²) in [4.78, 5) is 16.3. The Morgan fingerprint density at radius 3 is 2.57 bits per heavy atom. The maximum atomic E-state index is 12.1. The highest BCUT2D eigenvalue weighted by Crippen LogP contribution is 2.38. The van der Waals surface area contributed by atoms with Gasteiger partial charge in [0.15, 0.2) is 6.61 Å². The van der Waals surface area contributed by atoms with Gasteiger partial charge < -0.3 is 14.5 Å². The molecule has 1 aromatic carbocycles. The summed E-state index contributed by atoms with van der Waals surface area (Å²) in [6, 6.07) is 7.31. The van der Waals surface area contributed by atoms with Crippen LogP contribution in [0.4, 0.5) is 0 Å². The number of rotatable bonds is 4. The summed E-state index contributed by atoms with van der Waals surface area (Å²) >= 11 is 0. The molecule has 4 rings (SSSR count). The minimum absolute atomic E-state index is 0.0507. The molecule has 2 aromatic rings. The van der Waals surface area contributed by atoms with Gasteiger partial charge in [-0.05, 0) is 41.7 Å². The molecule has 120 valence electrons. The Morgan fingerprint density at radius 1 is 1.22 bits per heavy atom. The van der Waals surface area contributed by atoms with Crippen molar-refractivity contribution in [2.45, 2.75) is 0 Å². The fourth-order valence-electron chi connectivity index (χ4n) is 3.45. The van der Waals surface area contributed by atoms with Gasteiger partial charge in [-0.25, -0.2) is 4.68 Å². The first-order valence-corrected chi connectivity index (χ1v) is 7.56. The van der Waals surface area contributed by atoms with E-state index in [9.17, 15) is 4.79 Å². The van der Waals surface area contributed by atoms with Crippen LogP contribution in [-0.4, -0.2) is 75.7 Å². The second-order valence-electron chi connectivity index (χ2n) is 6.46. The molecule has 0 aliphatic carbocycles. The molecule has 2 fully saturated rings. The number of hydrogen-bond donors (Lipinski definition) is 0. The molecule has 0 bridgehead atoms. The predicted octanol–water partition coefficient (Wildman–Crippen LogP) is -0.185. The number of hydrogen-bond acceptors (Lipinski definition) is 6. The zero-order chi connectivity index (χ0) is 15.9. The zero-order valence-electron chi connectivity index (χ0n) is 12.9. The number of benzene rings is 1. The van der Waals surface area contributed by atoms with Crippen LogP contribution in [0.3, 0.4) is 0 Å². The maximum absolute atomic E-state index is 12.1. The van der Waals surface area contributed by atoms with Gasteiger partial charge >= 0.3 is 0 Å². The number of carbonyl (C=O) groups is 1. The molecule has 0 radical (unpaired) electrons. The lowest BCUT2D eigenvalue weighted by Crippen LogP contribution is -2.72. The van der Waals surface area contributed by atoms with Crippen molar-refractivity contribution in [3.05, 3.63) is 30.6 Å². The molecule has 2 aliphatic heterocycles. The molecule has 0 N–H and O–H groups in total. The summed E-state index contributed by atoms with van der Waals surface area (Å²) in [5, 5.41) is 11.0. The normalized spacial score (nSPS) is 19.3. The smallest absolute Gasteiger partial charge is 0.260 e. The van der Waals surface area contributed by atoms with Crippen LogP contribution in [-0.2, 0) is 4.79 Å². The van der Waals surface area contributed by atoms with Crippen molar-refractivity contribution in [1.82, 2.24) is 30.0 Å². The van der Waals surface area contributed by atoms with E-state index in [-0.39, 0.29) is 12.5 Å². The van der Waals surface area contributed by atoms with Crippen molar-refractivity contribution in [2.75, 3.05) is 39.8 Å². The molecule has 1 aromatic heterocycles. The molecule has 0 atom stereocenters. The van der Waals surface area contributed by atoms with Crippen molar-refractivity contribution in [3.8, 4) is 11.4 Å². The Kier molecular flexibility index (Phi) is 3.26. The molecule has 3 heterocycles. The van der Waals surface area contributed by atoms with Crippen LogP contribution in [0.25, 0.3) is 5.69 Å². The van der Waals surface area contributed by atoms with Gasteiger partial charge in [-0.2, -0.15) is 0 Å². The quantitative estimate of drug-likeness (QED) is 0.779. The van der Waals surface area contributed by atoms with Crippen LogP contribution in [0, 0.1) is 5.41 Å². The zero-order valence-corrected chi connectivity index (χ0v) is 12.9. The number of amides is 1. The van der Waals surface area contributed by atoms with Crippen LogP contribution in [0.2, 0.25) is 0 Å². The summed E-state index contributed by atoms with van der Waals surface area (Å²) in [7, 11) is 2.11. The SMILES string of the molecule is CN1CC2(C1)CN(C(=O)COc1ccc(-n3cnnn3)cc1)C2. The molecule has 1 spiro atoms. The van der Waals surface area contributed by atoms with Crippen LogP contribution in [0.5, 0.6) is 5.75 Å². The lowest BCUT2D eigenvalue weighted by Gasteiger charge is -2.59. The Labute approximate surface area is 133 Å². The van der Waals surface area contributed by atoms with Crippen molar-refractivity contribution in [3.63, 3.8) is 0 Å². The van der Waals surface area contributed by atoms with Crippen molar-refractivity contribution < 1.29 is 9.53 Å². The van der Waals surface area contributed by atoms with Gasteiger partial charge in [0.2, 0.25) is 0 Å². The largest absolute Gasteiger partial charge is 0.484 e. The fraction of sp³-hybridized carbons (Fsp3) is 0.467. The van der Waals surface area contributed by atoms with Crippen LogP contribution < -0.4 is 4.74 Å². The first kappa shape index (κ1) is 14.1. The van der Waals surface area contributed by atoms with E-state index in [4.69, 9.17) is 4.74 Å². The van der Waals surface area contributed by atoms with E-state index in [0.29, 0.717) is 11.2 Å². The van der Waals surface area contributed by atoms with Gasteiger partial charge in [-0.3, -0.25) is 4.79 Å². The van der Waals surface area contributed by atoms with E-state index >= 15 is 0 Å². The van der Waals surface area contributed by atoms with Crippen molar-refractivity contribution in [2.24, 2.45) is 5.41 Å². The number of likely N-dealkylation sites (tertiary alicyclic amines) is 2. The van der Waals surface area contributed by atoms with E-state index in [0.717, 1.165) is 31.9 Å². The van der Waals surface area contributed by atoms with Gasteiger partial charge in [0.1, 0.15) is 12.1 Å². The number of ether oxygens (including phenoxy) is 1. The summed E-state index contributed by atoms with van der Waals surface area (Å²) in [6.07, 6.45) is 1.52. The topological polar surface area (TPSA) is 76.4 Å². The average molecular weight is 314 g/mol. The van der Waals surface area contributed by atoms with E-state index in [1.54, 1.807) is 4.68 Å². The number of aromatic nitrogens is 4. The van der Waals surface area contributed by atoms with Gasteiger partial charge in [0.25, 0.3) is 5.91 Å². The molecule has 8 nitrogen and oxygen atoms in total. The second-order valence-corrected chi connectivity index (χ2v) is 6.46. The lowest BCUT2D eigenvalue weighted by atomic mass is 9.73. The Bertz CT molecular complexity index is 685. The molecule has 2 saturated heterocycles. The number of carbonyl (C=O) groups excluding carboxylic acids is 1. The van der Waals surface area contributed by atoms with Gasteiger partial charge in [0, 0.05) is 31.6 Å². The third-order valence-corrected chi connectivity index (χ3v) is 4.43. The number of nitrogens with zero attached hydrogens (tertiary/aromatic N) is 6. The minimum Gasteiger partial charge on any atom is -0.484 e. The second kappa shape index (κ2) is 5.31. The summed E-state index contributed by atoms with van der Waals surface area (Å²) in [5.74, 6) is 0.712. The molecule has 23 heavy (non-hydrogen) atoms. The molecular formula is C15H18N6O2. The van der Waals surface area contributed by atoms with Crippen LogP contribution in [0.15, 0.2) is 30.6 Å². The highest BCUT2D eigenvalue weighted by atomic mass is 16.5. The third kappa shape index (κ3) is 2.65. The first-order valence-electron chi connectivity index (χ1n) is 7.56. The van der Waals surface area contributed by atoms with E-state index in [2.05, 4.69) is 27.5 Å². The molecule has 1 amide bonds. The average Bonchev–Trinajstić information content (AvgIpc) is 3.02. The van der Waals surface area contributed by atoms with E-state index in [1.165, 1.54) is 6.33 Å². The van der Waals surface area contributed by atoms with Crippen molar-refractivity contribution in [1.29, 1.82) is 0 Å². The fourth-order valence-corrected chi connectivity index (χ4v) is 3.45. The number of tetrazole rings is 1. The third-order valence-electron chi connectivity index (χ3n) is 4.43. The highest BCUT2D eigenvalue weighted by Gasteiger charge is 2.51. The maximum Gasteiger partial charge on any atom is 0.260 e. The van der Waals surface area contributed by atoms with Crippen LogP contribution >= 0.6 is 0 Å². The van der Waals surface area contributed by atoms with E-state index in [1.807, 2.05) is 29.2 Å². The highest BCUT2D eigenvalue weighted by molar-refractivity contribution is 5.79. The Hall–Kier alpha value is -2.48. The Morgan fingerprint density at radius 2 is 1.96 bits per heavy atom. The summed E-state index contributed by atoms with van der Waals surface area (Å²) in [6.45, 7) is 3.98. The molecule has 2 aliphatic rings. The lowest BCUT2D eigenvalue weighted by molar-refractivity contribution is -0.158. The summed E-state index contributed by atoms with van der Waals surface area (Å²) < 4.78 is 7.14. The van der Waals surface area contributed by atoms with E-state index < -0.39 is 0 Å². The predicted molar refractivity (Wildman–Crippen MR) is 81.2 cm³/mol.